The van der Waals surface area contributed by atoms with Crippen LogP contribution in [0.4, 0.5) is 0 Å². The predicted octanol–water partition coefficient (Wildman–Crippen LogP) is 6.89. The van der Waals surface area contributed by atoms with Gasteiger partial charge in [0.15, 0.2) is 5.76 Å². The Hall–Kier alpha value is -3.18. The molecular formula is C27H23BrO4. The SMILES string of the molecule is Cc1c(OC(=O)c2ccccc2Br)ccc2c1O/C(=C\c1ccc(C(C)(C)C)cc1)C2=O. The Bertz CT molecular complexity index is 1250. The van der Waals surface area contributed by atoms with Gasteiger partial charge in [-0.05, 0) is 69.7 Å². The maximum atomic E-state index is 12.9. The molecule has 0 aliphatic carbocycles. The van der Waals surface area contributed by atoms with Crippen molar-refractivity contribution >= 4 is 33.8 Å². The van der Waals surface area contributed by atoms with Crippen molar-refractivity contribution in [2.75, 3.05) is 0 Å². The van der Waals surface area contributed by atoms with E-state index in [4.69, 9.17) is 9.47 Å². The minimum Gasteiger partial charge on any atom is -0.452 e. The summed E-state index contributed by atoms with van der Waals surface area (Å²) in [5.41, 5.74) is 3.63. The highest BCUT2D eigenvalue weighted by Gasteiger charge is 2.30. The van der Waals surface area contributed by atoms with E-state index in [1.54, 1.807) is 43.3 Å². The molecule has 0 fully saturated rings. The molecule has 0 amide bonds. The number of ketones is 1. The molecule has 1 aliphatic rings. The number of fused-ring (bicyclic) bond motifs is 1. The van der Waals surface area contributed by atoms with Gasteiger partial charge in [-0.15, -0.1) is 0 Å². The van der Waals surface area contributed by atoms with Crippen LogP contribution in [0.2, 0.25) is 0 Å². The van der Waals surface area contributed by atoms with Crippen molar-refractivity contribution in [3.05, 3.63) is 98.7 Å². The minimum atomic E-state index is -0.487. The molecular weight excluding hydrogens is 468 g/mol. The molecule has 0 aromatic heterocycles. The molecule has 0 saturated heterocycles. The Balaban J connectivity index is 1.59. The third-order valence-corrected chi connectivity index (χ3v) is 6.10. The molecule has 0 unspecified atom stereocenters. The number of Topliss-reactive ketones (excluding diaryl/α,β-unsaturated/α-hetero) is 1. The van der Waals surface area contributed by atoms with E-state index in [1.807, 2.05) is 18.2 Å². The predicted molar refractivity (Wildman–Crippen MR) is 128 cm³/mol. The highest BCUT2D eigenvalue weighted by Crippen LogP contribution is 2.39. The molecule has 3 aromatic rings. The molecule has 0 N–H and O–H groups in total. The van der Waals surface area contributed by atoms with Crippen LogP contribution in [0.5, 0.6) is 11.5 Å². The minimum absolute atomic E-state index is 0.0574. The maximum Gasteiger partial charge on any atom is 0.344 e. The quantitative estimate of drug-likeness (QED) is 0.228. The molecule has 5 heteroatoms. The number of allylic oxidation sites excluding steroid dienone is 1. The molecule has 0 atom stereocenters. The van der Waals surface area contributed by atoms with Crippen LogP contribution in [-0.4, -0.2) is 11.8 Å². The third-order valence-electron chi connectivity index (χ3n) is 5.41. The van der Waals surface area contributed by atoms with Gasteiger partial charge in [-0.1, -0.05) is 57.2 Å². The van der Waals surface area contributed by atoms with E-state index in [1.165, 1.54) is 5.56 Å². The summed E-state index contributed by atoms with van der Waals surface area (Å²) in [6.07, 6.45) is 1.74. The second kappa shape index (κ2) is 8.40. The molecule has 32 heavy (non-hydrogen) atoms. The summed E-state index contributed by atoms with van der Waals surface area (Å²) in [5, 5.41) is 0. The first kappa shape index (κ1) is 22.0. The Morgan fingerprint density at radius 3 is 2.34 bits per heavy atom. The van der Waals surface area contributed by atoms with E-state index in [-0.39, 0.29) is 17.0 Å². The molecule has 4 nitrogen and oxygen atoms in total. The van der Waals surface area contributed by atoms with Crippen LogP contribution >= 0.6 is 15.9 Å². The standard InChI is InChI=1S/C27H23BrO4/c1-16-22(32-26(30)19-7-5-6-8-21(19)28)14-13-20-24(29)23(31-25(16)20)15-17-9-11-18(12-10-17)27(2,3)4/h5-15H,1-4H3/b23-15-. The summed E-state index contributed by atoms with van der Waals surface area (Å²) >= 11 is 3.36. The number of carbonyl (C=O) groups excluding carboxylic acids is 2. The number of benzene rings is 3. The Kier molecular flexibility index (Phi) is 5.78. The molecule has 1 heterocycles. The fourth-order valence-corrected chi connectivity index (χ4v) is 3.94. The Morgan fingerprint density at radius 2 is 1.69 bits per heavy atom. The van der Waals surface area contributed by atoms with Crippen LogP contribution in [0.25, 0.3) is 6.08 Å². The number of hydrogen-bond donors (Lipinski definition) is 0. The van der Waals surface area contributed by atoms with Gasteiger partial charge in [0.2, 0.25) is 5.78 Å². The van der Waals surface area contributed by atoms with Gasteiger partial charge in [-0.3, -0.25) is 4.79 Å². The zero-order valence-corrected chi connectivity index (χ0v) is 19.9. The third kappa shape index (κ3) is 4.26. The van der Waals surface area contributed by atoms with E-state index < -0.39 is 5.97 Å². The molecule has 0 bridgehead atoms. The summed E-state index contributed by atoms with van der Waals surface area (Å²) in [4.78, 5) is 25.5. The van der Waals surface area contributed by atoms with Gasteiger partial charge in [0.05, 0.1) is 11.1 Å². The average Bonchev–Trinajstić information content (AvgIpc) is 3.06. The lowest BCUT2D eigenvalue weighted by Crippen LogP contribution is -2.10. The van der Waals surface area contributed by atoms with Crippen molar-refractivity contribution in [2.24, 2.45) is 0 Å². The first-order chi connectivity index (χ1) is 15.1. The lowest BCUT2D eigenvalue weighted by atomic mass is 9.86. The molecule has 0 spiro atoms. The summed E-state index contributed by atoms with van der Waals surface area (Å²) in [7, 11) is 0. The van der Waals surface area contributed by atoms with Gasteiger partial charge >= 0.3 is 5.97 Å². The van der Waals surface area contributed by atoms with Crippen molar-refractivity contribution < 1.29 is 19.1 Å². The van der Waals surface area contributed by atoms with Gasteiger partial charge in [0.1, 0.15) is 11.5 Å². The van der Waals surface area contributed by atoms with E-state index in [2.05, 4.69) is 48.8 Å². The largest absolute Gasteiger partial charge is 0.452 e. The first-order valence-electron chi connectivity index (χ1n) is 10.3. The first-order valence-corrected chi connectivity index (χ1v) is 11.1. The number of carbonyl (C=O) groups is 2. The molecule has 0 saturated carbocycles. The lowest BCUT2D eigenvalue weighted by molar-refractivity contribution is 0.0732. The highest BCUT2D eigenvalue weighted by molar-refractivity contribution is 9.10. The van der Waals surface area contributed by atoms with Gasteiger partial charge < -0.3 is 9.47 Å². The smallest absolute Gasteiger partial charge is 0.344 e. The second-order valence-electron chi connectivity index (χ2n) is 8.75. The normalized spacial score (nSPS) is 14.3. The lowest BCUT2D eigenvalue weighted by Gasteiger charge is -2.18. The van der Waals surface area contributed by atoms with Crippen LogP contribution in [0.3, 0.4) is 0 Å². The number of hydrogen-bond acceptors (Lipinski definition) is 4. The molecule has 4 rings (SSSR count). The molecule has 0 radical (unpaired) electrons. The van der Waals surface area contributed by atoms with Crippen molar-refractivity contribution in [3.63, 3.8) is 0 Å². The van der Waals surface area contributed by atoms with Gasteiger partial charge in [0.25, 0.3) is 0 Å². The highest BCUT2D eigenvalue weighted by atomic mass is 79.9. The summed E-state index contributed by atoms with van der Waals surface area (Å²) in [6.45, 7) is 8.25. The van der Waals surface area contributed by atoms with Crippen molar-refractivity contribution in [2.45, 2.75) is 33.1 Å². The van der Waals surface area contributed by atoms with Crippen LogP contribution in [0.1, 0.15) is 58.2 Å². The maximum absolute atomic E-state index is 12.9. The fourth-order valence-electron chi connectivity index (χ4n) is 3.49. The molecule has 1 aliphatic heterocycles. The average molecular weight is 491 g/mol. The van der Waals surface area contributed by atoms with E-state index >= 15 is 0 Å². The van der Waals surface area contributed by atoms with Crippen LogP contribution in [0, 0.1) is 6.92 Å². The van der Waals surface area contributed by atoms with Crippen LogP contribution in [0.15, 0.2) is 70.9 Å². The zero-order chi connectivity index (χ0) is 23.0. The number of halogens is 1. The van der Waals surface area contributed by atoms with E-state index in [9.17, 15) is 9.59 Å². The number of rotatable bonds is 3. The fraction of sp³-hybridized carbons (Fsp3) is 0.185. The zero-order valence-electron chi connectivity index (χ0n) is 18.4. The molecule has 162 valence electrons. The van der Waals surface area contributed by atoms with Gasteiger partial charge in [-0.2, -0.15) is 0 Å². The van der Waals surface area contributed by atoms with Crippen LogP contribution in [-0.2, 0) is 5.41 Å². The summed E-state index contributed by atoms with van der Waals surface area (Å²) < 4.78 is 12.2. The van der Waals surface area contributed by atoms with Crippen molar-refractivity contribution in [3.8, 4) is 11.5 Å². The number of esters is 1. The van der Waals surface area contributed by atoms with E-state index in [0.717, 1.165) is 5.56 Å². The number of ether oxygens (including phenoxy) is 2. The monoisotopic (exact) mass is 490 g/mol. The van der Waals surface area contributed by atoms with E-state index in [0.29, 0.717) is 32.7 Å². The van der Waals surface area contributed by atoms with Gasteiger partial charge in [0, 0.05) is 10.0 Å². The topological polar surface area (TPSA) is 52.6 Å². The Labute approximate surface area is 196 Å². The second-order valence-corrected chi connectivity index (χ2v) is 9.60. The summed E-state index contributed by atoms with van der Waals surface area (Å²) in [6, 6.07) is 18.4. The van der Waals surface area contributed by atoms with Crippen LogP contribution < -0.4 is 9.47 Å². The summed E-state index contributed by atoms with van der Waals surface area (Å²) in [5.74, 6) is 0.352. The molecule has 3 aromatic carbocycles. The van der Waals surface area contributed by atoms with Crippen molar-refractivity contribution in [1.29, 1.82) is 0 Å². The Morgan fingerprint density at radius 1 is 1.00 bits per heavy atom. The van der Waals surface area contributed by atoms with Gasteiger partial charge in [-0.25, -0.2) is 4.79 Å². The van der Waals surface area contributed by atoms with Crippen molar-refractivity contribution in [1.82, 2.24) is 0 Å².